The summed E-state index contributed by atoms with van der Waals surface area (Å²) in [5, 5.41) is 6.45. The fourth-order valence-electron chi connectivity index (χ4n) is 13.4. The molecular formula is C75H81BN4S. The average Bonchev–Trinajstić information content (AvgIpc) is 4.15. The van der Waals surface area contributed by atoms with E-state index in [1.54, 1.807) is 0 Å². The zero-order chi connectivity index (χ0) is 57.6. The molecule has 0 saturated carbocycles. The summed E-state index contributed by atoms with van der Waals surface area (Å²) >= 11 is 2.00. The van der Waals surface area contributed by atoms with Gasteiger partial charge in [0.05, 0.1) is 22.4 Å². The molecule has 0 bridgehead atoms. The number of thiophene rings is 1. The van der Waals surface area contributed by atoms with Crippen molar-refractivity contribution in [2.75, 3.05) is 9.80 Å². The van der Waals surface area contributed by atoms with Crippen LogP contribution < -0.4 is 25.5 Å². The highest BCUT2D eigenvalue weighted by atomic mass is 32.1. The number of fused-ring (bicyclic) bond motifs is 13. The number of hydrogen-bond donors (Lipinski definition) is 0. The number of rotatable bonds is 3. The molecule has 0 amide bonds. The predicted molar refractivity (Wildman–Crippen MR) is 356 cm³/mol. The van der Waals surface area contributed by atoms with Crippen LogP contribution in [0.1, 0.15) is 158 Å². The van der Waals surface area contributed by atoms with Crippen LogP contribution in [0.15, 0.2) is 146 Å². The molecule has 0 aliphatic carbocycles. The van der Waals surface area contributed by atoms with Crippen LogP contribution in [-0.4, -0.2) is 15.8 Å². The topological polar surface area (TPSA) is 16.3 Å². The van der Waals surface area contributed by atoms with Crippen molar-refractivity contribution in [2.24, 2.45) is 7.05 Å². The van der Waals surface area contributed by atoms with E-state index in [9.17, 15) is 0 Å². The summed E-state index contributed by atoms with van der Waals surface area (Å²) in [5.41, 5.74) is 23.9. The maximum Gasteiger partial charge on any atom is 0.267 e. The van der Waals surface area contributed by atoms with Gasteiger partial charge in [-0.05, 0) is 162 Å². The van der Waals surface area contributed by atoms with Gasteiger partial charge in [-0.3, -0.25) is 0 Å². The monoisotopic (exact) mass is 1080 g/mol. The lowest BCUT2D eigenvalue weighted by Crippen LogP contribution is -2.61. The normalized spacial score (nSPS) is 14.3. The minimum atomic E-state index is -0.174. The summed E-state index contributed by atoms with van der Waals surface area (Å²) in [6.45, 7) is 42.1. The largest absolute Gasteiger partial charge is 0.344 e. The molecular weight excluding hydrogens is 1000 g/mol. The van der Waals surface area contributed by atoms with Crippen LogP contribution in [0.25, 0.3) is 59.4 Å². The number of benzene rings is 8. The third kappa shape index (κ3) is 8.26. The van der Waals surface area contributed by atoms with Gasteiger partial charge in [0.1, 0.15) is 0 Å². The summed E-state index contributed by atoms with van der Waals surface area (Å²) in [6, 6.07) is 58.0. The summed E-state index contributed by atoms with van der Waals surface area (Å²) in [6.07, 6.45) is 0. The molecule has 6 heteroatoms. The molecule has 81 heavy (non-hydrogen) atoms. The lowest BCUT2D eigenvalue weighted by molar-refractivity contribution is 0.590. The molecule has 13 rings (SSSR count). The molecule has 2 aliphatic rings. The molecule has 410 valence electrons. The van der Waals surface area contributed by atoms with Crippen LogP contribution in [0.4, 0.5) is 34.1 Å². The first-order valence-electron chi connectivity index (χ1n) is 29.6. The first-order chi connectivity index (χ1) is 37.9. The van der Waals surface area contributed by atoms with Gasteiger partial charge in [-0.2, -0.15) is 0 Å². The van der Waals surface area contributed by atoms with E-state index in [2.05, 4.69) is 296 Å². The summed E-state index contributed by atoms with van der Waals surface area (Å²) in [4.78, 5) is 5.35. The molecule has 0 saturated heterocycles. The van der Waals surface area contributed by atoms with Crippen molar-refractivity contribution in [2.45, 2.75) is 157 Å². The van der Waals surface area contributed by atoms with Gasteiger partial charge >= 0.3 is 0 Å². The Balaban J connectivity index is 1.24. The van der Waals surface area contributed by atoms with Crippen LogP contribution in [0.3, 0.4) is 0 Å². The molecule has 3 aromatic heterocycles. The molecule has 0 radical (unpaired) electrons. The molecule has 4 nitrogen and oxygen atoms in total. The molecule has 8 aromatic carbocycles. The van der Waals surface area contributed by atoms with E-state index in [0.717, 1.165) is 5.69 Å². The summed E-state index contributed by atoms with van der Waals surface area (Å²) < 4.78 is 7.89. The second-order valence-electron chi connectivity index (χ2n) is 30.1. The van der Waals surface area contributed by atoms with Crippen LogP contribution >= 0.6 is 11.3 Å². The van der Waals surface area contributed by atoms with Gasteiger partial charge in [-0.1, -0.05) is 185 Å². The molecule has 0 fully saturated rings. The van der Waals surface area contributed by atoms with E-state index in [4.69, 9.17) is 0 Å². The van der Waals surface area contributed by atoms with Crippen molar-refractivity contribution in [3.8, 4) is 5.69 Å². The summed E-state index contributed by atoms with van der Waals surface area (Å²) in [7, 11) is 2.33. The Kier molecular flexibility index (Phi) is 11.5. The van der Waals surface area contributed by atoms with E-state index in [1.807, 2.05) is 11.3 Å². The van der Waals surface area contributed by atoms with Gasteiger partial charge in [0.2, 0.25) is 0 Å². The van der Waals surface area contributed by atoms with E-state index in [-0.39, 0.29) is 39.2 Å². The Bertz CT molecular complexity index is 4330. The SMILES string of the molecule is Cn1c2ccccc2c2c(-n3c4ccc(C(C)(C)C)cc4c4cc(C(C)(C)C)ccc43)cc3c(c21)B1c2sc4ccc(C(C)(C)C)cc4c2N(c2ccc(C(C)(C)C)cc2)c2cc(C(C)(C)C)cc(c21)N3c1ccc(C(C)(C)C)cc1. The number of nitrogens with zero attached hydrogens (tertiary/aromatic N) is 4. The highest BCUT2D eigenvalue weighted by Crippen LogP contribution is 2.53. The molecule has 2 aliphatic heterocycles. The van der Waals surface area contributed by atoms with Crippen LogP contribution in [0.2, 0.25) is 0 Å². The van der Waals surface area contributed by atoms with Gasteiger partial charge < -0.3 is 18.9 Å². The first-order valence-corrected chi connectivity index (χ1v) is 30.4. The molecule has 0 unspecified atom stereocenters. The Morgan fingerprint density at radius 2 is 0.790 bits per heavy atom. The number of aryl methyl sites for hydroxylation is 1. The second-order valence-corrected chi connectivity index (χ2v) is 31.2. The molecule has 0 N–H and O–H groups in total. The second kappa shape index (κ2) is 17.5. The maximum atomic E-state index is 2.67. The Hall–Kier alpha value is -7.02. The zero-order valence-corrected chi connectivity index (χ0v) is 52.4. The van der Waals surface area contributed by atoms with Crippen molar-refractivity contribution in [3.63, 3.8) is 0 Å². The van der Waals surface area contributed by atoms with Gasteiger partial charge in [0.15, 0.2) is 0 Å². The number of anilines is 6. The van der Waals surface area contributed by atoms with Crippen LogP contribution in [0.5, 0.6) is 0 Å². The minimum absolute atomic E-state index is 0.0121. The van der Waals surface area contributed by atoms with Crippen LogP contribution in [0, 0.1) is 0 Å². The van der Waals surface area contributed by atoms with Crippen molar-refractivity contribution in [1.82, 2.24) is 9.13 Å². The van der Waals surface area contributed by atoms with Crippen molar-refractivity contribution in [1.29, 1.82) is 0 Å². The van der Waals surface area contributed by atoms with E-state index < -0.39 is 0 Å². The quantitative estimate of drug-likeness (QED) is 0.164. The first kappa shape index (κ1) is 53.3. The van der Waals surface area contributed by atoms with Crippen molar-refractivity contribution >= 4 is 122 Å². The Morgan fingerprint density at radius 3 is 1.30 bits per heavy atom. The Morgan fingerprint density at radius 1 is 0.358 bits per heavy atom. The standard InChI is InChI=1S/C75H81BN4S/c1-70(2,3)44-24-31-50(32-25-44)78-60-41-49(75(16,17)18)42-61-65(60)76(69-67(55-40-48(74(13,14)15)30-37-63(55)81-69)79(61)51-33-26-45(27-34-51)71(4,5)6)66-62(78)43-59(64-52-22-20-21-23-56(52)77(19)68(64)66)80-57-35-28-46(72(7,8)9)38-53(57)54-39-47(73(10,11)12)29-36-58(54)80/h20-43H,1-19H3. The minimum Gasteiger partial charge on any atom is -0.344 e. The van der Waals surface area contributed by atoms with Gasteiger partial charge in [0, 0.05) is 82.9 Å². The van der Waals surface area contributed by atoms with E-state index >= 15 is 0 Å². The van der Waals surface area contributed by atoms with Crippen molar-refractivity contribution < 1.29 is 0 Å². The molecule has 0 spiro atoms. The predicted octanol–water partition coefficient (Wildman–Crippen LogP) is 19.5. The van der Waals surface area contributed by atoms with Crippen molar-refractivity contribution in [3.05, 3.63) is 179 Å². The van der Waals surface area contributed by atoms with Gasteiger partial charge in [0.25, 0.3) is 6.71 Å². The summed E-state index contributed by atoms with van der Waals surface area (Å²) in [5.74, 6) is 0. The number of para-hydroxylation sites is 1. The molecule has 11 aromatic rings. The van der Waals surface area contributed by atoms with E-state index in [1.165, 1.54) is 137 Å². The third-order valence-corrected chi connectivity index (χ3v) is 19.5. The highest BCUT2D eigenvalue weighted by Gasteiger charge is 2.48. The lowest BCUT2D eigenvalue weighted by Gasteiger charge is -2.44. The third-order valence-electron chi connectivity index (χ3n) is 18.2. The maximum absolute atomic E-state index is 2.67. The van der Waals surface area contributed by atoms with Gasteiger partial charge in [-0.15, -0.1) is 11.3 Å². The molecule has 5 heterocycles. The average molecular weight is 1080 g/mol. The fraction of sp³-hybridized carbons (Fsp3) is 0.333. The fourth-order valence-corrected chi connectivity index (χ4v) is 14.7. The zero-order valence-electron chi connectivity index (χ0n) is 51.6. The van der Waals surface area contributed by atoms with Crippen LogP contribution in [-0.2, 0) is 39.5 Å². The van der Waals surface area contributed by atoms with Gasteiger partial charge in [-0.25, -0.2) is 0 Å². The Labute approximate surface area is 486 Å². The molecule has 0 atom stereocenters. The van der Waals surface area contributed by atoms with E-state index in [0.29, 0.717) is 0 Å². The number of aromatic nitrogens is 2. The number of hydrogen-bond acceptors (Lipinski definition) is 3. The highest BCUT2D eigenvalue weighted by molar-refractivity contribution is 7.34. The lowest BCUT2D eigenvalue weighted by atomic mass is 9.35. The smallest absolute Gasteiger partial charge is 0.267 e.